The first-order valence-corrected chi connectivity index (χ1v) is 24.6. The Balaban J connectivity index is 1.28. The van der Waals surface area contributed by atoms with Gasteiger partial charge in [0, 0.05) is 0 Å². The molecule has 0 aromatic heterocycles. The van der Waals surface area contributed by atoms with Crippen LogP contribution in [0.1, 0.15) is 111 Å². The summed E-state index contributed by atoms with van der Waals surface area (Å²) in [6.07, 6.45) is 15.0. The molecule has 2 heteroatoms. The normalized spacial score (nSPS) is 17.4. The number of rotatable bonds is 14. The van der Waals surface area contributed by atoms with Gasteiger partial charge < -0.3 is 0 Å². The second-order valence-corrected chi connectivity index (χ2v) is 22.0. The molecule has 0 aliphatic heterocycles. The Kier molecular flexibility index (Phi) is 11.3. The molecule has 6 rings (SSSR count). The van der Waals surface area contributed by atoms with E-state index >= 15 is 0 Å². The third-order valence-electron chi connectivity index (χ3n) is 10.6. The number of hydrogen-bond acceptors (Lipinski definition) is 0. The van der Waals surface area contributed by atoms with Crippen molar-refractivity contribution in [3.8, 4) is 22.3 Å². The molecule has 0 N–H and O–H groups in total. The van der Waals surface area contributed by atoms with Crippen LogP contribution in [0.4, 0.5) is 0 Å². The van der Waals surface area contributed by atoms with Crippen LogP contribution < -0.4 is 0 Å². The van der Waals surface area contributed by atoms with Gasteiger partial charge >= 0.3 is 297 Å². The number of benzene rings is 4. The molecule has 2 atom stereocenters. The predicted octanol–water partition coefficient (Wildman–Crippen LogP) is 12.5. The van der Waals surface area contributed by atoms with E-state index in [-0.39, 0.29) is 0 Å². The van der Waals surface area contributed by atoms with E-state index in [0.717, 1.165) is 12.8 Å². The van der Waals surface area contributed by atoms with Crippen molar-refractivity contribution in [1.29, 1.82) is 0 Å². The van der Waals surface area contributed by atoms with Crippen LogP contribution in [-0.2, 0) is 36.7 Å². The molecule has 235 valence electrons. The first kappa shape index (κ1) is 33.4. The van der Waals surface area contributed by atoms with Crippen LogP contribution in [0.3, 0.4) is 0 Å². The molecule has 0 heterocycles. The fourth-order valence-corrected chi connectivity index (χ4v) is 13.8. The molecule has 0 radical (unpaired) electrons. The second kappa shape index (κ2) is 15.6. The molecule has 0 spiro atoms. The Morgan fingerprint density at radius 3 is 1.33 bits per heavy atom. The van der Waals surface area contributed by atoms with Crippen molar-refractivity contribution in [2.24, 2.45) is 0 Å². The first-order valence-electron chi connectivity index (χ1n) is 18.1. The van der Waals surface area contributed by atoms with E-state index in [1.165, 1.54) is 95.1 Å². The van der Waals surface area contributed by atoms with Gasteiger partial charge in [-0.15, -0.1) is 0 Å². The van der Waals surface area contributed by atoms with Gasteiger partial charge in [-0.1, -0.05) is 0 Å². The summed E-state index contributed by atoms with van der Waals surface area (Å²) < 4.78 is 0. The molecular weight excluding hydrogens is 648 g/mol. The van der Waals surface area contributed by atoms with Gasteiger partial charge in [0.15, 0.2) is 0 Å². The summed E-state index contributed by atoms with van der Waals surface area (Å²) in [6.45, 7) is 9.17. The standard InChI is InChI=1S/C44H51Si.Zr/c1-5-9-13-35-27-41-37(33-23-19-31(7-3)20-24-33)15-11-17-39(41)43(35)29-45-30-44-36(14-10-6-2)28-42-38(16-12-18-40(42)44)34-25-21-32(8-4)22-26-34;/h11-12,15-28,43-45H,5-10,13-14,29-30H2,1-4H3;. The molecule has 0 amide bonds. The molecule has 2 unspecified atom stereocenters. The third kappa shape index (κ3) is 7.15. The van der Waals surface area contributed by atoms with Crippen LogP contribution in [0.15, 0.2) is 96.1 Å². The number of hydrogen-bond donors (Lipinski definition) is 0. The summed E-state index contributed by atoms with van der Waals surface area (Å²) in [6, 6.07) is 35.8. The Bertz CT molecular complexity index is 1560. The Morgan fingerprint density at radius 1 is 0.543 bits per heavy atom. The molecule has 46 heavy (non-hydrogen) atoms. The van der Waals surface area contributed by atoms with E-state index in [1.807, 2.05) is 23.9 Å². The first-order chi connectivity index (χ1) is 22.5. The fraction of sp³-hybridized carbons (Fsp3) is 0.364. The Labute approximate surface area is 294 Å². The van der Waals surface area contributed by atoms with E-state index < -0.39 is 5.92 Å². The van der Waals surface area contributed by atoms with Gasteiger partial charge in [0.2, 0.25) is 0 Å². The topological polar surface area (TPSA) is 0 Å². The van der Waals surface area contributed by atoms with Crippen molar-refractivity contribution in [3.63, 3.8) is 0 Å². The Morgan fingerprint density at radius 2 is 0.957 bits per heavy atom. The fourth-order valence-electron chi connectivity index (χ4n) is 7.89. The molecule has 2 aliphatic rings. The molecule has 4 aromatic rings. The van der Waals surface area contributed by atoms with Gasteiger partial charge in [-0.25, -0.2) is 0 Å². The van der Waals surface area contributed by atoms with Gasteiger partial charge in [0.25, 0.3) is 0 Å². The van der Waals surface area contributed by atoms with Crippen molar-refractivity contribution in [3.05, 3.63) is 129 Å². The SMILES string of the molecule is CCCCC1=Cc2c(-c3ccc(CC)cc3)cccc2C1C[SiH]([Zr])CC1C(CCCC)=Cc2c(-c3ccc(CC)cc3)cccc21. The van der Waals surface area contributed by atoms with Crippen LogP contribution in [0.5, 0.6) is 0 Å². The molecule has 0 bridgehead atoms. The summed E-state index contributed by atoms with van der Waals surface area (Å²) in [7, 11) is 0. The molecule has 0 nitrogen and oxygen atoms in total. The van der Waals surface area contributed by atoms with Crippen LogP contribution in [0.2, 0.25) is 12.1 Å². The van der Waals surface area contributed by atoms with Gasteiger partial charge in [-0.3, -0.25) is 0 Å². The predicted molar refractivity (Wildman–Crippen MR) is 200 cm³/mol. The molecule has 0 fully saturated rings. The maximum atomic E-state index is 2.61. The number of allylic oxidation sites excluding steroid dienone is 2. The zero-order valence-corrected chi connectivity index (χ0v) is 32.2. The van der Waals surface area contributed by atoms with Crippen molar-refractivity contribution in [1.82, 2.24) is 0 Å². The van der Waals surface area contributed by atoms with E-state index in [0.29, 0.717) is 11.8 Å². The van der Waals surface area contributed by atoms with Gasteiger partial charge in [-0.2, -0.15) is 0 Å². The van der Waals surface area contributed by atoms with E-state index in [9.17, 15) is 0 Å². The minimum atomic E-state index is -0.964. The van der Waals surface area contributed by atoms with E-state index in [2.05, 4.69) is 125 Å². The molecular formula is C44H51SiZr. The van der Waals surface area contributed by atoms with E-state index in [1.54, 1.807) is 22.3 Å². The molecule has 0 saturated carbocycles. The van der Waals surface area contributed by atoms with Crippen LogP contribution in [0.25, 0.3) is 34.4 Å². The zero-order chi connectivity index (χ0) is 32.0. The average Bonchev–Trinajstić information content (AvgIpc) is 3.63. The van der Waals surface area contributed by atoms with Crippen molar-refractivity contribution in [2.75, 3.05) is 0 Å². The van der Waals surface area contributed by atoms with Gasteiger partial charge in [0.05, 0.1) is 0 Å². The van der Waals surface area contributed by atoms with Crippen molar-refractivity contribution >= 4 is 18.1 Å². The summed E-state index contributed by atoms with van der Waals surface area (Å²) >= 11 is 1.83. The monoisotopic (exact) mass is 697 g/mol. The number of fused-ring (bicyclic) bond motifs is 2. The van der Waals surface area contributed by atoms with Gasteiger partial charge in [0.1, 0.15) is 0 Å². The average molecular weight is 699 g/mol. The molecule has 2 aliphatic carbocycles. The third-order valence-corrected chi connectivity index (χ3v) is 16.2. The van der Waals surface area contributed by atoms with Crippen LogP contribution in [-0.4, -0.2) is 5.92 Å². The zero-order valence-electron chi connectivity index (χ0n) is 28.5. The summed E-state index contributed by atoms with van der Waals surface area (Å²) in [5.74, 6) is 0.258. The summed E-state index contributed by atoms with van der Waals surface area (Å²) in [4.78, 5) is 0. The molecule has 0 saturated heterocycles. The number of aryl methyl sites for hydroxylation is 2. The summed E-state index contributed by atoms with van der Waals surface area (Å²) in [5.41, 5.74) is 18.1. The second-order valence-electron chi connectivity index (χ2n) is 13.6. The van der Waals surface area contributed by atoms with Crippen LogP contribution in [0, 0.1) is 0 Å². The quantitative estimate of drug-likeness (QED) is 0.115. The Hall–Kier alpha value is -2.54. The maximum absolute atomic E-state index is 2.61. The number of unbranched alkanes of at least 4 members (excludes halogenated alkanes) is 2. The van der Waals surface area contributed by atoms with Gasteiger partial charge in [-0.05, 0) is 0 Å². The van der Waals surface area contributed by atoms with Crippen LogP contribution >= 0.6 is 0 Å². The minimum absolute atomic E-state index is 0.611. The van der Waals surface area contributed by atoms with Crippen molar-refractivity contribution in [2.45, 2.75) is 103 Å². The van der Waals surface area contributed by atoms with E-state index in [4.69, 9.17) is 0 Å². The summed E-state index contributed by atoms with van der Waals surface area (Å²) in [5, 5.41) is 0. The van der Waals surface area contributed by atoms with Crippen molar-refractivity contribution < 1.29 is 23.9 Å². The molecule has 4 aromatic carbocycles.